The molecule has 0 aliphatic carbocycles. The smallest absolute Gasteiger partial charge is 0.170 e. The van der Waals surface area contributed by atoms with E-state index in [1.165, 1.54) is 18.0 Å². The van der Waals surface area contributed by atoms with Crippen LogP contribution in [0, 0.1) is 5.92 Å². The van der Waals surface area contributed by atoms with Crippen molar-refractivity contribution >= 4 is 23.3 Å². The second-order valence-electron chi connectivity index (χ2n) is 3.95. The molecule has 5 heteroatoms. The summed E-state index contributed by atoms with van der Waals surface area (Å²) in [5.74, 6) is 2.78. The highest BCUT2D eigenvalue weighted by Crippen LogP contribution is 2.22. The van der Waals surface area contributed by atoms with Crippen LogP contribution in [0.25, 0.3) is 0 Å². The van der Waals surface area contributed by atoms with Crippen molar-refractivity contribution in [3.8, 4) is 0 Å². The minimum atomic E-state index is 0.686. The molecule has 1 aromatic rings. The third kappa shape index (κ3) is 5.27. The highest BCUT2D eigenvalue weighted by atomic mass is 32.2. The Morgan fingerprint density at radius 3 is 2.88 bits per heavy atom. The molecule has 0 aromatic carbocycles. The predicted molar refractivity (Wildman–Crippen MR) is 72.3 cm³/mol. The Labute approximate surface area is 107 Å². The van der Waals surface area contributed by atoms with Gasteiger partial charge in [-0.15, -0.1) is 0 Å². The number of thioether (sulfide) groups is 1. The van der Waals surface area contributed by atoms with E-state index >= 15 is 0 Å². The summed E-state index contributed by atoms with van der Waals surface area (Å²) in [6.07, 6.45) is 2.14. The van der Waals surface area contributed by atoms with Crippen molar-refractivity contribution in [2.24, 2.45) is 5.92 Å². The van der Waals surface area contributed by atoms with Crippen molar-refractivity contribution in [2.75, 3.05) is 18.8 Å². The number of hydrogen-bond acceptors (Lipinski definition) is 5. The molecule has 92 valence electrons. The van der Waals surface area contributed by atoms with Crippen LogP contribution in [0.4, 0.5) is 0 Å². The summed E-state index contributed by atoms with van der Waals surface area (Å²) in [6.45, 7) is 8.78. The van der Waals surface area contributed by atoms with Crippen molar-refractivity contribution in [1.82, 2.24) is 14.7 Å². The van der Waals surface area contributed by atoms with Gasteiger partial charge in [-0.2, -0.15) is 4.37 Å². The topological polar surface area (TPSA) is 37.8 Å². The van der Waals surface area contributed by atoms with Crippen LogP contribution in [0.15, 0.2) is 4.34 Å². The number of nitrogens with zero attached hydrogens (tertiary/aromatic N) is 2. The molecule has 0 amide bonds. The predicted octanol–water partition coefficient (Wildman–Crippen LogP) is 2.83. The molecule has 1 unspecified atom stereocenters. The van der Waals surface area contributed by atoms with Gasteiger partial charge in [0.05, 0.1) is 0 Å². The third-order valence-electron chi connectivity index (χ3n) is 2.18. The van der Waals surface area contributed by atoms with E-state index in [-0.39, 0.29) is 0 Å². The highest BCUT2D eigenvalue weighted by Gasteiger charge is 2.06. The fourth-order valence-corrected chi connectivity index (χ4v) is 2.98. The highest BCUT2D eigenvalue weighted by molar-refractivity contribution is 8.00. The lowest BCUT2D eigenvalue weighted by molar-refractivity contribution is 0.557. The van der Waals surface area contributed by atoms with Gasteiger partial charge in [-0.3, -0.25) is 0 Å². The summed E-state index contributed by atoms with van der Waals surface area (Å²) in [5, 5.41) is 3.44. The fourth-order valence-electron chi connectivity index (χ4n) is 1.24. The van der Waals surface area contributed by atoms with Crippen molar-refractivity contribution < 1.29 is 0 Å². The van der Waals surface area contributed by atoms with Crippen LogP contribution in [0.1, 0.15) is 33.0 Å². The van der Waals surface area contributed by atoms with E-state index in [1.54, 1.807) is 0 Å². The van der Waals surface area contributed by atoms with E-state index in [9.17, 15) is 0 Å². The molecule has 16 heavy (non-hydrogen) atoms. The molecule has 0 spiro atoms. The molecule has 0 aliphatic rings. The fraction of sp³-hybridized carbons (Fsp3) is 0.818. The Bertz CT molecular complexity index is 289. The van der Waals surface area contributed by atoms with Crippen molar-refractivity contribution in [2.45, 2.75) is 38.0 Å². The standard InChI is InChI=1S/C11H21N3S2/c1-4-6-12-7-9(3)8-15-11-13-10(5-2)14-16-11/h9,12H,4-8H2,1-3H3. The van der Waals surface area contributed by atoms with Gasteiger partial charge in [0.15, 0.2) is 4.34 Å². The summed E-state index contributed by atoms with van der Waals surface area (Å²) in [6, 6.07) is 0. The Morgan fingerprint density at radius 2 is 2.25 bits per heavy atom. The lowest BCUT2D eigenvalue weighted by Gasteiger charge is -2.10. The van der Waals surface area contributed by atoms with Gasteiger partial charge in [0.2, 0.25) is 0 Å². The molecule has 0 fully saturated rings. The van der Waals surface area contributed by atoms with Gasteiger partial charge in [-0.1, -0.05) is 32.5 Å². The zero-order chi connectivity index (χ0) is 11.8. The zero-order valence-corrected chi connectivity index (χ0v) is 12.0. The van der Waals surface area contributed by atoms with Crippen molar-refractivity contribution in [3.05, 3.63) is 5.82 Å². The lowest BCUT2D eigenvalue weighted by Crippen LogP contribution is -2.23. The van der Waals surface area contributed by atoms with E-state index in [2.05, 4.69) is 35.4 Å². The molecule has 0 saturated carbocycles. The van der Waals surface area contributed by atoms with Gasteiger partial charge in [-0.05, 0) is 37.0 Å². The SMILES string of the molecule is CCCNCC(C)CSc1nc(CC)ns1. The van der Waals surface area contributed by atoms with E-state index in [0.717, 1.165) is 35.4 Å². The molecular formula is C11H21N3S2. The average molecular weight is 259 g/mol. The number of nitrogens with one attached hydrogen (secondary N) is 1. The minimum Gasteiger partial charge on any atom is -0.316 e. The van der Waals surface area contributed by atoms with Crippen LogP contribution in [-0.2, 0) is 6.42 Å². The van der Waals surface area contributed by atoms with E-state index in [1.807, 2.05) is 11.8 Å². The van der Waals surface area contributed by atoms with E-state index in [4.69, 9.17) is 0 Å². The largest absolute Gasteiger partial charge is 0.316 e. The first-order valence-electron chi connectivity index (χ1n) is 5.92. The lowest BCUT2D eigenvalue weighted by atomic mass is 10.2. The van der Waals surface area contributed by atoms with Crippen LogP contribution >= 0.6 is 23.3 Å². The van der Waals surface area contributed by atoms with Gasteiger partial charge >= 0.3 is 0 Å². The normalized spacial score (nSPS) is 12.9. The molecule has 0 saturated heterocycles. The summed E-state index contributed by atoms with van der Waals surface area (Å²) in [4.78, 5) is 4.45. The molecule has 0 radical (unpaired) electrons. The zero-order valence-electron chi connectivity index (χ0n) is 10.3. The van der Waals surface area contributed by atoms with Gasteiger partial charge in [0.25, 0.3) is 0 Å². The van der Waals surface area contributed by atoms with E-state index in [0.29, 0.717) is 5.92 Å². The van der Waals surface area contributed by atoms with Crippen molar-refractivity contribution in [3.63, 3.8) is 0 Å². The first kappa shape index (κ1) is 13.9. The molecule has 1 N–H and O–H groups in total. The quantitative estimate of drug-likeness (QED) is 0.575. The Balaban J connectivity index is 2.18. The average Bonchev–Trinajstić information content (AvgIpc) is 2.74. The minimum absolute atomic E-state index is 0.686. The number of hydrogen-bond donors (Lipinski definition) is 1. The number of aromatic nitrogens is 2. The molecule has 1 rings (SSSR count). The molecule has 0 aliphatic heterocycles. The molecule has 1 atom stereocenters. The van der Waals surface area contributed by atoms with Crippen LogP contribution in [0.2, 0.25) is 0 Å². The second-order valence-corrected chi connectivity index (χ2v) is 5.97. The van der Waals surface area contributed by atoms with E-state index < -0.39 is 0 Å². The monoisotopic (exact) mass is 259 g/mol. The Morgan fingerprint density at radius 1 is 1.44 bits per heavy atom. The molecule has 1 aromatic heterocycles. The second kappa shape index (κ2) is 8.03. The van der Waals surface area contributed by atoms with Gasteiger partial charge in [0, 0.05) is 12.2 Å². The van der Waals surface area contributed by atoms with Crippen LogP contribution in [0.5, 0.6) is 0 Å². The van der Waals surface area contributed by atoms with Crippen LogP contribution in [0.3, 0.4) is 0 Å². The van der Waals surface area contributed by atoms with Crippen LogP contribution in [-0.4, -0.2) is 28.2 Å². The molecule has 1 heterocycles. The van der Waals surface area contributed by atoms with Crippen molar-refractivity contribution in [1.29, 1.82) is 0 Å². The maximum atomic E-state index is 4.45. The summed E-state index contributed by atoms with van der Waals surface area (Å²) in [5.41, 5.74) is 0. The van der Waals surface area contributed by atoms with Crippen LogP contribution < -0.4 is 5.32 Å². The summed E-state index contributed by atoms with van der Waals surface area (Å²) in [7, 11) is 0. The van der Waals surface area contributed by atoms with Gasteiger partial charge < -0.3 is 5.32 Å². The maximum Gasteiger partial charge on any atom is 0.170 e. The molecule has 3 nitrogen and oxygen atoms in total. The first-order valence-corrected chi connectivity index (χ1v) is 7.68. The first-order chi connectivity index (χ1) is 7.76. The van der Waals surface area contributed by atoms with Gasteiger partial charge in [-0.25, -0.2) is 4.98 Å². The summed E-state index contributed by atoms with van der Waals surface area (Å²) < 4.78 is 5.39. The Kier molecular flexibility index (Phi) is 7.00. The number of rotatable bonds is 8. The Hall–Kier alpha value is -0.130. The molecule has 0 bridgehead atoms. The number of aryl methyl sites for hydroxylation is 1. The third-order valence-corrected chi connectivity index (χ3v) is 4.38. The van der Waals surface area contributed by atoms with Gasteiger partial charge in [0.1, 0.15) is 5.82 Å². The molecular weight excluding hydrogens is 238 g/mol. The maximum absolute atomic E-state index is 4.45. The summed E-state index contributed by atoms with van der Waals surface area (Å²) >= 11 is 3.35.